The lowest BCUT2D eigenvalue weighted by atomic mass is 9.83. The molecule has 0 aliphatic heterocycles. The smallest absolute Gasteiger partial charge is 0.327 e. The predicted molar refractivity (Wildman–Crippen MR) is 91.2 cm³/mol. The zero-order valence-electron chi connectivity index (χ0n) is 14.1. The number of carbonyl (C=O) groups excluding carboxylic acids is 1. The van der Waals surface area contributed by atoms with Crippen molar-refractivity contribution in [2.75, 3.05) is 7.11 Å². The largest absolute Gasteiger partial charge is 0.468 e. The highest BCUT2D eigenvalue weighted by Crippen LogP contribution is 2.32. The van der Waals surface area contributed by atoms with E-state index in [1.54, 1.807) is 12.1 Å². The summed E-state index contributed by atoms with van der Waals surface area (Å²) in [5.41, 5.74) is 1.22. The van der Waals surface area contributed by atoms with Crippen molar-refractivity contribution in [3.8, 4) is 0 Å². The van der Waals surface area contributed by atoms with Gasteiger partial charge >= 0.3 is 5.97 Å². The van der Waals surface area contributed by atoms with Gasteiger partial charge in [-0.05, 0) is 61.8 Å². The van der Waals surface area contributed by atoms with Crippen LogP contribution in [0.15, 0.2) is 23.1 Å². The van der Waals surface area contributed by atoms with Crippen LogP contribution in [0, 0.1) is 0 Å². The molecule has 1 aromatic carbocycles. The third kappa shape index (κ3) is 3.35. The molecule has 1 aromatic rings. The zero-order valence-corrected chi connectivity index (χ0v) is 15.0. The minimum absolute atomic E-state index is 0.247. The topological polar surface area (TPSA) is 72.5 Å². The fraction of sp³-hybridized carbons (Fsp3) is 0.611. The van der Waals surface area contributed by atoms with Gasteiger partial charge in [-0.2, -0.15) is 4.72 Å². The lowest BCUT2D eigenvalue weighted by Gasteiger charge is -2.34. The molecule has 6 heteroatoms. The Hall–Kier alpha value is -1.40. The van der Waals surface area contributed by atoms with Gasteiger partial charge in [-0.25, -0.2) is 8.42 Å². The molecular weight excluding hydrogens is 326 g/mol. The van der Waals surface area contributed by atoms with E-state index in [2.05, 4.69) is 4.72 Å². The van der Waals surface area contributed by atoms with Crippen LogP contribution in [0.5, 0.6) is 0 Å². The van der Waals surface area contributed by atoms with Crippen LogP contribution in [0.4, 0.5) is 0 Å². The first-order valence-electron chi connectivity index (χ1n) is 8.71. The summed E-state index contributed by atoms with van der Waals surface area (Å²) in [5.74, 6) is -0.483. The third-order valence-electron chi connectivity index (χ3n) is 5.24. The maximum Gasteiger partial charge on any atom is 0.327 e. The summed E-state index contributed by atoms with van der Waals surface area (Å²) in [6, 6.07) is 5.33. The Balaban J connectivity index is 1.90. The Morgan fingerprint density at radius 3 is 2.38 bits per heavy atom. The maximum absolute atomic E-state index is 12.9. The first-order chi connectivity index (χ1) is 11.5. The van der Waals surface area contributed by atoms with E-state index in [0.717, 1.165) is 50.5 Å². The Bertz CT molecular complexity index is 721. The second-order valence-corrected chi connectivity index (χ2v) is 8.56. The second kappa shape index (κ2) is 6.84. The summed E-state index contributed by atoms with van der Waals surface area (Å²) in [7, 11) is -2.45. The van der Waals surface area contributed by atoms with Crippen molar-refractivity contribution in [3.05, 3.63) is 29.3 Å². The average Bonchev–Trinajstić information content (AvgIpc) is 2.61. The number of sulfonamides is 1. The van der Waals surface area contributed by atoms with Crippen molar-refractivity contribution in [1.29, 1.82) is 0 Å². The lowest BCUT2D eigenvalue weighted by molar-refractivity contribution is -0.149. The highest BCUT2D eigenvalue weighted by Gasteiger charge is 2.44. The van der Waals surface area contributed by atoms with Crippen molar-refractivity contribution < 1.29 is 17.9 Å². The van der Waals surface area contributed by atoms with Gasteiger partial charge in [0.05, 0.1) is 12.0 Å². The number of methoxy groups -OCH3 is 1. The van der Waals surface area contributed by atoms with E-state index < -0.39 is 21.5 Å². The Labute approximate surface area is 143 Å². The molecule has 5 nitrogen and oxygen atoms in total. The number of ether oxygens (including phenoxy) is 1. The monoisotopic (exact) mass is 351 g/mol. The van der Waals surface area contributed by atoms with Crippen LogP contribution in [-0.2, 0) is 32.4 Å². The molecule has 132 valence electrons. The lowest BCUT2D eigenvalue weighted by Crippen LogP contribution is -2.55. The van der Waals surface area contributed by atoms with Crippen molar-refractivity contribution >= 4 is 16.0 Å². The molecule has 0 unspecified atom stereocenters. The molecule has 0 amide bonds. The van der Waals surface area contributed by atoms with Gasteiger partial charge in [0.25, 0.3) is 0 Å². The van der Waals surface area contributed by atoms with E-state index in [9.17, 15) is 13.2 Å². The summed E-state index contributed by atoms with van der Waals surface area (Å²) in [4.78, 5) is 12.5. The van der Waals surface area contributed by atoms with Gasteiger partial charge in [-0.3, -0.25) is 4.79 Å². The number of rotatable bonds is 4. The van der Waals surface area contributed by atoms with Crippen molar-refractivity contribution in [2.24, 2.45) is 0 Å². The SMILES string of the molecule is COC(=O)C1(NS(=O)(=O)c2ccc3c(c2)CCCC3)CCCCC1. The highest BCUT2D eigenvalue weighted by atomic mass is 32.2. The Kier molecular flexibility index (Phi) is 4.97. The fourth-order valence-corrected chi connectivity index (χ4v) is 5.36. The number of carbonyl (C=O) groups is 1. The standard InChI is InChI=1S/C18H25NO4S/c1-23-17(20)18(11-5-2-6-12-18)19-24(21,22)16-10-9-14-7-3-4-8-15(14)13-16/h9-10,13,19H,2-8,11-12H2,1H3. The number of benzene rings is 1. The summed E-state index contributed by atoms with van der Waals surface area (Å²) in [6.45, 7) is 0. The normalized spacial score (nSPS) is 20.2. The molecular formula is C18H25NO4S. The van der Waals surface area contributed by atoms with E-state index in [-0.39, 0.29) is 4.90 Å². The Morgan fingerprint density at radius 2 is 1.71 bits per heavy atom. The molecule has 0 spiro atoms. The quantitative estimate of drug-likeness (QED) is 0.847. The van der Waals surface area contributed by atoms with Gasteiger partial charge in [-0.1, -0.05) is 25.3 Å². The van der Waals surface area contributed by atoms with Crippen LogP contribution >= 0.6 is 0 Å². The number of aryl methyl sites for hydroxylation is 2. The molecule has 2 aliphatic rings. The maximum atomic E-state index is 12.9. The van der Waals surface area contributed by atoms with Gasteiger partial charge in [0.15, 0.2) is 0 Å². The first kappa shape index (κ1) is 17.4. The van der Waals surface area contributed by atoms with E-state index >= 15 is 0 Å². The van der Waals surface area contributed by atoms with Gasteiger partial charge in [0, 0.05) is 0 Å². The summed E-state index contributed by atoms with van der Waals surface area (Å²) < 4.78 is 33.4. The molecule has 0 radical (unpaired) electrons. The minimum Gasteiger partial charge on any atom is -0.468 e. The van der Waals surface area contributed by atoms with Crippen LogP contribution in [-0.4, -0.2) is 27.0 Å². The molecule has 0 atom stereocenters. The van der Waals surface area contributed by atoms with Crippen LogP contribution in [0.2, 0.25) is 0 Å². The van der Waals surface area contributed by atoms with Crippen LogP contribution < -0.4 is 4.72 Å². The first-order valence-corrected chi connectivity index (χ1v) is 10.2. The van der Waals surface area contributed by atoms with E-state index in [1.807, 2.05) is 6.07 Å². The third-order valence-corrected chi connectivity index (χ3v) is 6.78. The van der Waals surface area contributed by atoms with Gasteiger partial charge in [-0.15, -0.1) is 0 Å². The highest BCUT2D eigenvalue weighted by molar-refractivity contribution is 7.89. The van der Waals surface area contributed by atoms with Crippen LogP contribution in [0.25, 0.3) is 0 Å². The molecule has 2 aliphatic carbocycles. The summed E-state index contributed by atoms with van der Waals surface area (Å²) >= 11 is 0. The van der Waals surface area contributed by atoms with Crippen molar-refractivity contribution in [2.45, 2.75) is 68.2 Å². The Morgan fingerprint density at radius 1 is 1.04 bits per heavy atom. The summed E-state index contributed by atoms with van der Waals surface area (Å²) in [6.07, 6.45) is 7.81. The van der Waals surface area contributed by atoms with Crippen LogP contribution in [0.1, 0.15) is 56.1 Å². The van der Waals surface area contributed by atoms with Crippen LogP contribution in [0.3, 0.4) is 0 Å². The zero-order chi connectivity index (χ0) is 17.2. The molecule has 0 bridgehead atoms. The van der Waals surface area contributed by atoms with E-state index in [1.165, 1.54) is 12.7 Å². The molecule has 1 N–H and O–H groups in total. The number of nitrogens with one attached hydrogen (secondary N) is 1. The number of hydrogen-bond acceptors (Lipinski definition) is 4. The summed E-state index contributed by atoms with van der Waals surface area (Å²) in [5, 5.41) is 0. The fourth-order valence-electron chi connectivity index (χ4n) is 3.89. The average molecular weight is 351 g/mol. The number of hydrogen-bond donors (Lipinski definition) is 1. The minimum atomic E-state index is -3.76. The molecule has 0 heterocycles. The van der Waals surface area contributed by atoms with Gasteiger partial charge in [0.1, 0.15) is 5.54 Å². The van der Waals surface area contributed by atoms with Crippen molar-refractivity contribution in [1.82, 2.24) is 4.72 Å². The van der Waals surface area contributed by atoms with Gasteiger partial charge in [0.2, 0.25) is 10.0 Å². The molecule has 1 saturated carbocycles. The molecule has 1 fully saturated rings. The van der Waals surface area contributed by atoms with Crippen molar-refractivity contribution in [3.63, 3.8) is 0 Å². The molecule has 3 rings (SSSR count). The predicted octanol–water partition coefficient (Wildman–Crippen LogP) is 2.72. The second-order valence-electron chi connectivity index (χ2n) is 6.88. The number of esters is 1. The molecule has 0 aromatic heterocycles. The van der Waals surface area contributed by atoms with E-state index in [0.29, 0.717) is 12.8 Å². The number of fused-ring (bicyclic) bond motifs is 1. The van der Waals surface area contributed by atoms with Gasteiger partial charge < -0.3 is 4.74 Å². The molecule has 0 saturated heterocycles. The van der Waals surface area contributed by atoms with E-state index in [4.69, 9.17) is 4.74 Å². The molecule has 24 heavy (non-hydrogen) atoms.